The number of quaternary nitrogens is 1. The second-order valence-electron chi connectivity index (χ2n) is 14.8. The van der Waals surface area contributed by atoms with Gasteiger partial charge in [0.2, 0.25) is 0 Å². The topological polar surface area (TPSA) is 94.1 Å². The number of rotatable bonds is 34. The number of esters is 1. The van der Waals surface area contributed by atoms with Crippen molar-refractivity contribution in [1.82, 2.24) is 0 Å². The van der Waals surface area contributed by atoms with Crippen LogP contribution >= 0.6 is 7.82 Å². The third-order valence-corrected chi connectivity index (χ3v) is 8.88. The maximum Gasteiger partial charge on any atom is 0.306 e. The molecule has 0 heterocycles. The van der Waals surface area contributed by atoms with Gasteiger partial charge < -0.3 is 27.9 Å². The highest BCUT2D eigenvalue weighted by Gasteiger charge is 2.20. The molecule has 0 amide bonds. The van der Waals surface area contributed by atoms with Crippen LogP contribution < -0.4 is 4.89 Å². The van der Waals surface area contributed by atoms with E-state index in [0.29, 0.717) is 24.1 Å². The quantitative estimate of drug-likeness (QED) is 0.0211. The Balaban J connectivity index is -0.000000953. The molecule has 0 aliphatic carbocycles. The number of carbonyl (C=O) groups excluding carboxylic acids is 1. The van der Waals surface area contributed by atoms with Crippen molar-refractivity contribution < 1.29 is 37.3 Å². The molecule has 9 heteroatoms. The fourth-order valence-electron chi connectivity index (χ4n) is 4.88. The zero-order chi connectivity index (χ0) is 40.9. The molecule has 0 aliphatic rings. The largest absolute Gasteiger partial charge is 0.756 e. The van der Waals surface area contributed by atoms with Crippen molar-refractivity contribution in [1.29, 1.82) is 0 Å². The summed E-state index contributed by atoms with van der Waals surface area (Å²) in [5.41, 5.74) is 0. The van der Waals surface area contributed by atoms with Gasteiger partial charge in [-0.25, -0.2) is 0 Å². The van der Waals surface area contributed by atoms with Crippen molar-refractivity contribution in [3.63, 3.8) is 0 Å². The predicted molar refractivity (Wildman–Crippen MR) is 228 cm³/mol. The third-order valence-electron chi connectivity index (χ3n) is 7.92. The van der Waals surface area contributed by atoms with E-state index in [2.05, 4.69) is 40.5 Å². The van der Waals surface area contributed by atoms with E-state index in [4.69, 9.17) is 18.5 Å². The zero-order valence-electron chi connectivity index (χ0n) is 36.5. The average molecular weight is 776 g/mol. The number of ether oxygens (including phenoxy) is 2. The van der Waals surface area contributed by atoms with Crippen LogP contribution in [-0.2, 0) is 27.9 Å². The van der Waals surface area contributed by atoms with Crippen LogP contribution in [0.2, 0.25) is 0 Å². The molecule has 0 fully saturated rings. The Morgan fingerprint density at radius 1 is 0.642 bits per heavy atom. The van der Waals surface area contributed by atoms with Crippen molar-refractivity contribution in [3.05, 3.63) is 38.0 Å². The van der Waals surface area contributed by atoms with Crippen LogP contribution in [0.25, 0.3) is 0 Å². The Hall–Kier alpha value is -1.28. The maximum absolute atomic E-state index is 12.4. The van der Waals surface area contributed by atoms with E-state index in [-0.39, 0.29) is 25.8 Å². The Morgan fingerprint density at radius 2 is 1.08 bits per heavy atom. The molecule has 0 aromatic rings. The highest BCUT2D eigenvalue weighted by Crippen LogP contribution is 2.38. The minimum Gasteiger partial charge on any atom is -0.756 e. The lowest BCUT2D eigenvalue weighted by Crippen LogP contribution is -2.37. The first-order valence-corrected chi connectivity index (χ1v) is 22.7. The van der Waals surface area contributed by atoms with Gasteiger partial charge in [-0.15, -0.1) is 19.7 Å². The van der Waals surface area contributed by atoms with Gasteiger partial charge in [-0.2, -0.15) is 0 Å². The molecule has 0 spiro atoms. The molecule has 0 radical (unpaired) electrons. The molecular formula is C44H90NO7P. The van der Waals surface area contributed by atoms with E-state index in [0.717, 1.165) is 44.9 Å². The van der Waals surface area contributed by atoms with Gasteiger partial charge in [0.05, 0.1) is 34.4 Å². The fourth-order valence-corrected chi connectivity index (χ4v) is 5.61. The first-order chi connectivity index (χ1) is 25.3. The standard InChI is InChI=1S/C33H66NO7P.C5H12.2C3H6/c1-6-8-10-12-14-15-16-17-18-19-20-21-23-25-28-38-30-32(41-33(35)26-24-22-13-11-9-7-2)31-40-42(36,37)39-29-27-34(3,4)5;1-3-5-4-2;2*1-3-2/h7,32H,2,6,8-31H2,1,3-5H3;3-5H2,1-2H3;2*3H,1H2,2H3/t32-;;;/m1.../s1. The summed E-state index contributed by atoms with van der Waals surface area (Å²) in [5, 5.41) is 0. The lowest BCUT2D eigenvalue weighted by Gasteiger charge is -2.28. The van der Waals surface area contributed by atoms with Crippen molar-refractivity contribution in [2.24, 2.45) is 0 Å². The van der Waals surface area contributed by atoms with Crippen LogP contribution in [0, 0.1) is 0 Å². The average Bonchev–Trinajstić information content (AvgIpc) is 3.09. The lowest BCUT2D eigenvalue weighted by atomic mass is 10.0. The third kappa shape index (κ3) is 60.2. The SMILES string of the molecule is C=CC.C=CC.C=CCCCCCCC(=O)O[C@H](COCCCCCCCCCCCCCCCC)COP(=O)([O-])OCC[N+](C)(C)C.CCCCC. The summed E-state index contributed by atoms with van der Waals surface area (Å²) < 4.78 is 34.1. The summed E-state index contributed by atoms with van der Waals surface area (Å²) in [6.07, 6.45) is 31.8. The van der Waals surface area contributed by atoms with Gasteiger partial charge >= 0.3 is 5.97 Å². The van der Waals surface area contributed by atoms with Crippen LogP contribution in [0.4, 0.5) is 0 Å². The number of likely N-dealkylation sites (N-methyl/N-ethyl adjacent to an activating group) is 1. The zero-order valence-corrected chi connectivity index (χ0v) is 37.4. The van der Waals surface area contributed by atoms with Gasteiger partial charge in [-0.05, 0) is 39.5 Å². The Morgan fingerprint density at radius 3 is 1.51 bits per heavy atom. The van der Waals surface area contributed by atoms with Gasteiger partial charge in [0.1, 0.15) is 19.3 Å². The highest BCUT2D eigenvalue weighted by atomic mass is 31.2. The normalized spacial score (nSPS) is 12.4. The van der Waals surface area contributed by atoms with Gasteiger partial charge in [-0.3, -0.25) is 9.36 Å². The molecule has 53 heavy (non-hydrogen) atoms. The smallest absolute Gasteiger partial charge is 0.306 e. The summed E-state index contributed by atoms with van der Waals surface area (Å²) in [5.74, 6) is -0.362. The molecule has 318 valence electrons. The van der Waals surface area contributed by atoms with Gasteiger partial charge in [0.15, 0.2) is 0 Å². The molecule has 0 aromatic heterocycles. The molecule has 2 atom stereocenters. The summed E-state index contributed by atoms with van der Waals surface area (Å²) in [6.45, 7) is 21.8. The van der Waals surface area contributed by atoms with Gasteiger partial charge in [0, 0.05) is 13.0 Å². The van der Waals surface area contributed by atoms with E-state index >= 15 is 0 Å². The fraction of sp³-hybridized carbons (Fsp3) is 0.841. The van der Waals surface area contributed by atoms with E-state index in [9.17, 15) is 14.3 Å². The second kappa shape index (κ2) is 46.9. The molecule has 0 rings (SSSR count). The molecule has 0 saturated heterocycles. The van der Waals surface area contributed by atoms with E-state index in [1.54, 1.807) is 12.2 Å². The minimum atomic E-state index is -4.50. The summed E-state index contributed by atoms with van der Waals surface area (Å²) in [6, 6.07) is 0. The van der Waals surface area contributed by atoms with Crippen molar-refractivity contribution in [2.75, 3.05) is 54.1 Å². The lowest BCUT2D eigenvalue weighted by molar-refractivity contribution is -0.870. The first-order valence-electron chi connectivity index (χ1n) is 21.3. The predicted octanol–water partition coefficient (Wildman–Crippen LogP) is 12.7. The molecule has 8 nitrogen and oxygen atoms in total. The summed E-state index contributed by atoms with van der Waals surface area (Å²) in [7, 11) is 1.34. The monoisotopic (exact) mass is 776 g/mol. The van der Waals surface area contributed by atoms with E-state index in [1.807, 2.05) is 41.1 Å². The molecule has 0 bridgehead atoms. The first kappa shape index (κ1) is 58.4. The number of carbonyl (C=O) groups is 1. The van der Waals surface area contributed by atoms with E-state index < -0.39 is 13.9 Å². The summed E-state index contributed by atoms with van der Waals surface area (Å²) in [4.78, 5) is 24.6. The Kier molecular flexibility index (Phi) is 51.7. The molecule has 0 aromatic carbocycles. The van der Waals surface area contributed by atoms with Crippen LogP contribution in [0.15, 0.2) is 38.0 Å². The Bertz CT molecular complexity index is 808. The van der Waals surface area contributed by atoms with Crippen LogP contribution in [-0.4, -0.2) is 70.7 Å². The molecule has 0 saturated carbocycles. The number of phosphoric acid groups is 1. The maximum atomic E-state index is 12.4. The minimum absolute atomic E-state index is 0.0240. The Labute approximate surface area is 330 Å². The van der Waals surface area contributed by atoms with Crippen molar-refractivity contribution in [2.45, 2.75) is 188 Å². The number of unbranched alkanes of at least 4 members (excludes halogenated alkanes) is 19. The number of nitrogens with zero attached hydrogens (tertiary/aromatic N) is 1. The molecule has 1 unspecified atom stereocenters. The second-order valence-corrected chi connectivity index (χ2v) is 16.2. The van der Waals surface area contributed by atoms with Crippen molar-refractivity contribution in [3.8, 4) is 0 Å². The van der Waals surface area contributed by atoms with Crippen LogP contribution in [0.1, 0.15) is 182 Å². The van der Waals surface area contributed by atoms with Gasteiger partial charge in [0.25, 0.3) is 7.82 Å². The molecule has 0 aliphatic heterocycles. The van der Waals surface area contributed by atoms with Gasteiger partial charge in [-0.1, -0.05) is 155 Å². The number of hydrogen-bond donors (Lipinski definition) is 0. The number of allylic oxidation sites excluding steroid dienone is 3. The molecule has 0 N–H and O–H groups in total. The number of hydrogen-bond acceptors (Lipinski definition) is 7. The summed E-state index contributed by atoms with van der Waals surface area (Å²) >= 11 is 0. The van der Waals surface area contributed by atoms with Crippen LogP contribution in [0.5, 0.6) is 0 Å². The van der Waals surface area contributed by atoms with Crippen molar-refractivity contribution >= 4 is 13.8 Å². The van der Waals surface area contributed by atoms with Crippen LogP contribution in [0.3, 0.4) is 0 Å². The van der Waals surface area contributed by atoms with E-state index in [1.165, 1.54) is 96.3 Å². The molecular weight excluding hydrogens is 685 g/mol. The highest BCUT2D eigenvalue weighted by molar-refractivity contribution is 7.45. The number of phosphoric ester groups is 1.